The number of aromatic nitrogens is 1. The molecule has 1 aromatic heterocycles. The van der Waals surface area contributed by atoms with Crippen LogP contribution in [0.4, 0.5) is 4.79 Å². The topological polar surface area (TPSA) is 79.2 Å². The van der Waals surface area contributed by atoms with E-state index in [-0.39, 0.29) is 12.3 Å². The number of benzene rings is 1. The molecule has 3 amide bonds. The van der Waals surface area contributed by atoms with E-state index in [9.17, 15) is 14.4 Å². The lowest BCUT2D eigenvalue weighted by Crippen LogP contribution is -2.47. The van der Waals surface area contributed by atoms with Crippen molar-refractivity contribution in [3.8, 4) is 0 Å². The Hall–Kier alpha value is -3.02. The predicted octanol–water partition coefficient (Wildman–Crippen LogP) is 1.44. The zero-order valence-electron chi connectivity index (χ0n) is 13.5. The largest absolute Gasteiger partial charge is 0.338 e. The van der Waals surface area contributed by atoms with Gasteiger partial charge in [-0.15, -0.1) is 0 Å². The molecule has 0 aliphatic rings. The zero-order valence-corrected chi connectivity index (χ0v) is 13.5. The lowest BCUT2D eigenvalue weighted by Gasteiger charge is -2.04. The summed E-state index contributed by atoms with van der Waals surface area (Å²) in [6.07, 6.45) is 4.08. The van der Waals surface area contributed by atoms with E-state index in [2.05, 4.69) is 10.6 Å². The minimum Gasteiger partial charge on any atom is -0.338 e. The third-order valence-corrected chi connectivity index (χ3v) is 3.30. The van der Waals surface area contributed by atoms with Crippen LogP contribution in [0.1, 0.15) is 29.3 Å². The number of amides is 3. The van der Waals surface area contributed by atoms with Crippen molar-refractivity contribution in [1.29, 1.82) is 0 Å². The second-order valence-corrected chi connectivity index (χ2v) is 5.26. The summed E-state index contributed by atoms with van der Waals surface area (Å²) in [5.41, 5.74) is 1.15. The maximum Gasteiger partial charge on any atom is 0.321 e. The highest BCUT2D eigenvalue weighted by molar-refractivity contribution is 6.08. The Morgan fingerprint density at radius 2 is 1.58 bits per heavy atom. The first-order valence-electron chi connectivity index (χ1n) is 7.76. The first kappa shape index (κ1) is 17.3. The number of carbonyl (C=O) groups is 3. The summed E-state index contributed by atoms with van der Waals surface area (Å²) in [4.78, 5) is 35.5. The molecule has 2 N–H and O–H groups in total. The van der Waals surface area contributed by atoms with Gasteiger partial charge in [0.2, 0.25) is 6.54 Å². The van der Waals surface area contributed by atoms with Crippen molar-refractivity contribution in [2.75, 3.05) is 6.54 Å². The molecule has 0 aliphatic heterocycles. The number of carbonyl (C=O) groups excluding carboxylic acids is 3. The molecule has 0 radical (unpaired) electrons. The summed E-state index contributed by atoms with van der Waals surface area (Å²) >= 11 is 0. The SMILES string of the molecule is CCCNC(=O)NC(=O)C[n+]1ccc(C(=O)c2ccccc2)cc1. The van der Waals surface area contributed by atoms with Crippen LogP contribution in [-0.4, -0.2) is 24.3 Å². The number of urea groups is 1. The van der Waals surface area contributed by atoms with Gasteiger partial charge in [0.05, 0.1) is 0 Å². The van der Waals surface area contributed by atoms with Crippen molar-refractivity contribution in [2.45, 2.75) is 19.9 Å². The molecule has 1 heterocycles. The molecule has 0 aliphatic carbocycles. The van der Waals surface area contributed by atoms with Gasteiger partial charge in [-0.25, -0.2) is 4.79 Å². The van der Waals surface area contributed by atoms with Crippen LogP contribution in [0.2, 0.25) is 0 Å². The second-order valence-electron chi connectivity index (χ2n) is 5.26. The highest BCUT2D eigenvalue weighted by Gasteiger charge is 2.14. The molecule has 0 unspecified atom stereocenters. The number of pyridine rings is 1. The molecule has 124 valence electrons. The maximum absolute atomic E-state index is 12.3. The van der Waals surface area contributed by atoms with Gasteiger partial charge in [-0.3, -0.25) is 14.9 Å². The van der Waals surface area contributed by atoms with Gasteiger partial charge in [0.1, 0.15) is 0 Å². The van der Waals surface area contributed by atoms with E-state index >= 15 is 0 Å². The molecular formula is C18H20N3O3+. The Kier molecular flexibility index (Phi) is 6.19. The zero-order chi connectivity index (χ0) is 17.4. The first-order valence-corrected chi connectivity index (χ1v) is 7.76. The average Bonchev–Trinajstić information content (AvgIpc) is 2.60. The Bertz CT molecular complexity index is 712. The summed E-state index contributed by atoms with van der Waals surface area (Å²) in [5.74, 6) is -0.498. The fraction of sp³-hybridized carbons (Fsp3) is 0.222. The summed E-state index contributed by atoms with van der Waals surface area (Å²) in [6, 6.07) is 11.8. The number of rotatable bonds is 6. The molecule has 2 rings (SSSR count). The lowest BCUT2D eigenvalue weighted by molar-refractivity contribution is -0.684. The summed E-state index contributed by atoms with van der Waals surface area (Å²) in [6.45, 7) is 2.44. The number of imide groups is 1. The number of ketones is 1. The Balaban J connectivity index is 1.93. The predicted molar refractivity (Wildman–Crippen MR) is 88.3 cm³/mol. The second kappa shape index (κ2) is 8.57. The molecule has 0 fully saturated rings. The van der Waals surface area contributed by atoms with Crippen LogP contribution in [0.3, 0.4) is 0 Å². The molecule has 0 spiro atoms. The highest BCUT2D eigenvalue weighted by Crippen LogP contribution is 2.07. The van der Waals surface area contributed by atoms with Crippen molar-refractivity contribution in [3.05, 3.63) is 66.0 Å². The molecule has 6 heteroatoms. The van der Waals surface area contributed by atoms with Crippen LogP contribution in [0, 0.1) is 0 Å². The minimum atomic E-state index is -0.502. The molecule has 0 saturated heterocycles. The molecule has 0 bridgehead atoms. The highest BCUT2D eigenvalue weighted by atomic mass is 16.2. The van der Waals surface area contributed by atoms with Gasteiger partial charge in [0, 0.05) is 29.8 Å². The first-order chi connectivity index (χ1) is 11.6. The van der Waals surface area contributed by atoms with Gasteiger partial charge >= 0.3 is 6.03 Å². The number of hydrogen-bond donors (Lipinski definition) is 2. The van der Waals surface area contributed by atoms with Crippen molar-refractivity contribution in [3.63, 3.8) is 0 Å². The fourth-order valence-electron chi connectivity index (χ4n) is 2.09. The van der Waals surface area contributed by atoms with Gasteiger partial charge in [-0.2, -0.15) is 4.57 Å². The molecule has 6 nitrogen and oxygen atoms in total. The van der Waals surface area contributed by atoms with E-state index in [0.717, 1.165) is 6.42 Å². The summed E-state index contributed by atoms with van der Waals surface area (Å²) < 4.78 is 1.60. The molecule has 0 atom stereocenters. The van der Waals surface area contributed by atoms with Crippen molar-refractivity contribution in [2.24, 2.45) is 0 Å². The third-order valence-electron chi connectivity index (χ3n) is 3.30. The third kappa shape index (κ3) is 5.01. The van der Waals surface area contributed by atoms with Crippen LogP contribution >= 0.6 is 0 Å². The van der Waals surface area contributed by atoms with Gasteiger partial charge in [-0.1, -0.05) is 37.3 Å². The van der Waals surface area contributed by atoms with E-state index in [1.54, 1.807) is 41.2 Å². The molecule has 0 saturated carbocycles. The van der Waals surface area contributed by atoms with Gasteiger partial charge in [0.25, 0.3) is 5.91 Å². The maximum atomic E-state index is 12.3. The fourth-order valence-corrected chi connectivity index (χ4v) is 2.09. The lowest BCUT2D eigenvalue weighted by atomic mass is 10.0. The van der Waals surface area contributed by atoms with E-state index in [1.165, 1.54) is 0 Å². The Labute approximate surface area is 140 Å². The standard InChI is InChI=1S/C18H19N3O3/c1-2-10-19-18(24)20-16(22)13-21-11-8-15(9-12-21)17(23)14-6-4-3-5-7-14/h3-9,11-12H,2,10,13H2,1H3,(H-,19,20,22,24)/p+1. The van der Waals surface area contributed by atoms with Crippen LogP contribution in [-0.2, 0) is 11.3 Å². The van der Waals surface area contributed by atoms with Gasteiger partial charge in [0.15, 0.2) is 18.2 Å². The van der Waals surface area contributed by atoms with Crippen molar-refractivity contribution in [1.82, 2.24) is 10.6 Å². The van der Waals surface area contributed by atoms with Crippen LogP contribution in [0.15, 0.2) is 54.9 Å². The van der Waals surface area contributed by atoms with Gasteiger partial charge in [-0.05, 0) is 6.42 Å². The number of nitrogens with zero attached hydrogens (tertiary/aromatic N) is 1. The smallest absolute Gasteiger partial charge is 0.321 e. The molecule has 24 heavy (non-hydrogen) atoms. The van der Waals surface area contributed by atoms with E-state index in [4.69, 9.17) is 0 Å². The minimum absolute atomic E-state index is 0.000642. The van der Waals surface area contributed by atoms with Crippen LogP contribution < -0.4 is 15.2 Å². The normalized spacial score (nSPS) is 10.0. The number of nitrogens with one attached hydrogen (secondary N) is 2. The monoisotopic (exact) mass is 326 g/mol. The Morgan fingerprint density at radius 3 is 2.21 bits per heavy atom. The average molecular weight is 326 g/mol. The Morgan fingerprint density at radius 1 is 0.958 bits per heavy atom. The van der Waals surface area contributed by atoms with Crippen molar-refractivity contribution < 1.29 is 19.0 Å². The van der Waals surface area contributed by atoms with E-state index in [0.29, 0.717) is 17.7 Å². The molecule has 1 aromatic carbocycles. The molecular weight excluding hydrogens is 306 g/mol. The van der Waals surface area contributed by atoms with Crippen LogP contribution in [0.25, 0.3) is 0 Å². The van der Waals surface area contributed by atoms with Crippen LogP contribution in [0.5, 0.6) is 0 Å². The van der Waals surface area contributed by atoms with E-state index in [1.807, 2.05) is 25.1 Å². The summed E-state index contributed by atoms with van der Waals surface area (Å²) in [7, 11) is 0. The van der Waals surface area contributed by atoms with Gasteiger partial charge < -0.3 is 5.32 Å². The molecule has 2 aromatic rings. The summed E-state index contributed by atoms with van der Waals surface area (Å²) in [5, 5.41) is 4.82. The number of hydrogen-bond acceptors (Lipinski definition) is 3. The quantitative estimate of drug-likeness (QED) is 0.623. The van der Waals surface area contributed by atoms with E-state index < -0.39 is 11.9 Å². The van der Waals surface area contributed by atoms with Crippen molar-refractivity contribution >= 4 is 17.7 Å².